The normalized spacial score (nSPS) is 10.9. The highest BCUT2D eigenvalue weighted by Gasteiger charge is 2.17. The number of nitrogens with one attached hydrogen (secondary N) is 1. The SMILES string of the molecule is Cc1ccc(-c2nnc(SCC(=O)Nc3ccc(Br)cc3C)n2-c2ccc(Cl)cc2)cc1. The molecule has 8 heteroatoms. The lowest BCUT2D eigenvalue weighted by Gasteiger charge is -2.11. The van der Waals surface area contributed by atoms with Gasteiger partial charge in [0.15, 0.2) is 11.0 Å². The van der Waals surface area contributed by atoms with Crippen molar-refractivity contribution in [1.29, 1.82) is 0 Å². The minimum Gasteiger partial charge on any atom is -0.325 e. The van der Waals surface area contributed by atoms with Crippen molar-refractivity contribution in [3.05, 3.63) is 87.4 Å². The van der Waals surface area contributed by atoms with Crippen LogP contribution in [0.25, 0.3) is 17.1 Å². The van der Waals surface area contributed by atoms with Gasteiger partial charge in [-0.15, -0.1) is 10.2 Å². The van der Waals surface area contributed by atoms with E-state index in [0.29, 0.717) is 16.0 Å². The topological polar surface area (TPSA) is 59.8 Å². The summed E-state index contributed by atoms with van der Waals surface area (Å²) in [4.78, 5) is 12.6. The number of rotatable bonds is 6. The molecule has 0 saturated carbocycles. The largest absolute Gasteiger partial charge is 0.325 e. The average molecular weight is 528 g/mol. The molecule has 1 N–H and O–H groups in total. The summed E-state index contributed by atoms with van der Waals surface area (Å²) in [6, 6.07) is 21.3. The maximum Gasteiger partial charge on any atom is 0.234 e. The van der Waals surface area contributed by atoms with Gasteiger partial charge in [-0.2, -0.15) is 0 Å². The van der Waals surface area contributed by atoms with Gasteiger partial charge in [0.25, 0.3) is 0 Å². The van der Waals surface area contributed by atoms with Gasteiger partial charge < -0.3 is 5.32 Å². The number of anilines is 1. The fourth-order valence-electron chi connectivity index (χ4n) is 3.16. The Kier molecular flexibility index (Phi) is 6.98. The zero-order valence-electron chi connectivity index (χ0n) is 17.5. The van der Waals surface area contributed by atoms with E-state index in [2.05, 4.69) is 31.4 Å². The molecular formula is C24H20BrClN4OS. The summed E-state index contributed by atoms with van der Waals surface area (Å²) in [5, 5.41) is 13.0. The number of nitrogens with zero attached hydrogens (tertiary/aromatic N) is 3. The van der Waals surface area contributed by atoms with Crippen molar-refractivity contribution >= 4 is 50.9 Å². The predicted octanol–water partition coefficient (Wildman–Crippen LogP) is 6.70. The molecule has 0 radical (unpaired) electrons. The molecular weight excluding hydrogens is 508 g/mol. The summed E-state index contributed by atoms with van der Waals surface area (Å²) in [5.74, 6) is 0.803. The summed E-state index contributed by atoms with van der Waals surface area (Å²) < 4.78 is 2.92. The number of aryl methyl sites for hydroxylation is 2. The lowest BCUT2D eigenvalue weighted by atomic mass is 10.1. The number of hydrogen-bond donors (Lipinski definition) is 1. The van der Waals surface area contributed by atoms with Gasteiger partial charge in [-0.3, -0.25) is 9.36 Å². The van der Waals surface area contributed by atoms with Crippen LogP contribution in [0.1, 0.15) is 11.1 Å². The second-order valence-electron chi connectivity index (χ2n) is 7.28. The van der Waals surface area contributed by atoms with Gasteiger partial charge in [-0.25, -0.2) is 0 Å². The second-order valence-corrected chi connectivity index (χ2v) is 9.57. The summed E-state index contributed by atoms with van der Waals surface area (Å²) in [6.45, 7) is 4.00. The molecule has 162 valence electrons. The van der Waals surface area contributed by atoms with Crippen molar-refractivity contribution in [3.63, 3.8) is 0 Å². The lowest BCUT2D eigenvalue weighted by Crippen LogP contribution is -2.15. The van der Waals surface area contributed by atoms with Gasteiger partial charge in [-0.1, -0.05) is 69.1 Å². The first-order valence-electron chi connectivity index (χ1n) is 9.88. The molecule has 5 nitrogen and oxygen atoms in total. The number of aromatic nitrogens is 3. The highest BCUT2D eigenvalue weighted by molar-refractivity contribution is 9.10. The van der Waals surface area contributed by atoms with E-state index in [1.54, 1.807) is 0 Å². The Morgan fingerprint density at radius 1 is 1.03 bits per heavy atom. The zero-order chi connectivity index (χ0) is 22.7. The third-order valence-electron chi connectivity index (χ3n) is 4.82. The van der Waals surface area contributed by atoms with E-state index in [1.165, 1.54) is 17.3 Å². The number of amides is 1. The van der Waals surface area contributed by atoms with E-state index < -0.39 is 0 Å². The molecule has 1 aromatic heterocycles. The van der Waals surface area contributed by atoms with Gasteiger partial charge in [0.05, 0.1) is 5.75 Å². The lowest BCUT2D eigenvalue weighted by molar-refractivity contribution is -0.113. The van der Waals surface area contributed by atoms with Crippen molar-refractivity contribution < 1.29 is 4.79 Å². The van der Waals surface area contributed by atoms with Crippen molar-refractivity contribution in [3.8, 4) is 17.1 Å². The Balaban J connectivity index is 1.60. The quantitative estimate of drug-likeness (QED) is 0.284. The van der Waals surface area contributed by atoms with Crippen LogP contribution in [0, 0.1) is 13.8 Å². The summed E-state index contributed by atoms with van der Waals surface area (Å²) in [7, 11) is 0. The molecule has 0 aliphatic heterocycles. The molecule has 0 bridgehead atoms. The van der Waals surface area contributed by atoms with Crippen LogP contribution in [0.15, 0.2) is 76.4 Å². The summed E-state index contributed by atoms with van der Waals surface area (Å²) in [5.41, 5.74) is 4.77. The van der Waals surface area contributed by atoms with Gasteiger partial charge in [-0.05, 0) is 61.9 Å². The van der Waals surface area contributed by atoms with Crippen LogP contribution in [-0.2, 0) is 4.79 Å². The van der Waals surface area contributed by atoms with Crippen LogP contribution in [0.3, 0.4) is 0 Å². The van der Waals surface area contributed by atoms with Crippen LogP contribution in [-0.4, -0.2) is 26.4 Å². The van der Waals surface area contributed by atoms with E-state index in [4.69, 9.17) is 11.6 Å². The van der Waals surface area contributed by atoms with Gasteiger partial charge in [0.1, 0.15) is 0 Å². The summed E-state index contributed by atoms with van der Waals surface area (Å²) in [6.07, 6.45) is 0. The fourth-order valence-corrected chi connectivity index (χ4v) is 4.51. The smallest absolute Gasteiger partial charge is 0.234 e. The number of thioether (sulfide) groups is 1. The van der Waals surface area contributed by atoms with Gasteiger partial charge in [0.2, 0.25) is 5.91 Å². The highest BCUT2D eigenvalue weighted by Crippen LogP contribution is 2.29. The number of carbonyl (C=O) groups excluding carboxylic acids is 1. The maximum atomic E-state index is 12.6. The number of hydrogen-bond acceptors (Lipinski definition) is 4. The molecule has 3 aromatic carbocycles. The molecule has 32 heavy (non-hydrogen) atoms. The Morgan fingerprint density at radius 3 is 2.44 bits per heavy atom. The van der Waals surface area contributed by atoms with Crippen LogP contribution >= 0.6 is 39.3 Å². The zero-order valence-corrected chi connectivity index (χ0v) is 20.6. The average Bonchev–Trinajstić information content (AvgIpc) is 3.19. The van der Waals surface area contributed by atoms with Crippen LogP contribution < -0.4 is 5.32 Å². The highest BCUT2D eigenvalue weighted by atomic mass is 79.9. The Morgan fingerprint density at radius 2 is 1.75 bits per heavy atom. The monoisotopic (exact) mass is 526 g/mol. The molecule has 0 saturated heterocycles. The molecule has 4 aromatic rings. The van der Waals surface area contributed by atoms with Crippen LogP contribution in [0.4, 0.5) is 5.69 Å². The van der Waals surface area contributed by atoms with E-state index >= 15 is 0 Å². The third kappa shape index (κ3) is 5.23. The number of halogens is 2. The minimum atomic E-state index is -0.108. The third-order valence-corrected chi connectivity index (χ3v) is 6.50. The van der Waals surface area contributed by atoms with E-state index in [0.717, 1.165) is 27.0 Å². The van der Waals surface area contributed by atoms with E-state index in [1.807, 2.05) is 85.1 Å². The Hall–Kier alpha value is -2.61. The van der Waals surface area contributed by atoms with Crippen molar-refractivity contribution in [1.82, 2.24) is 14.8 Å². The standard InChI is InChI=1S/C24H20BrClN4OS/c1-15-3-5-17(6-4-15)23-28-29-24(30(23)20-10-8-19(26)9-11-20)32-14-22(31)27-21-12-7-18(25)13-16(21)2/h3-13H,14H2,1-2H3,(H,27,31). The molecule has 1 amide bonds. The fraction of sp³-hybridized carbons (Fsp3) is 0.125. The molecule has 0 aliphatic carbocycles. The van der Waals surface area contributed by atoms with Crippen molar-refractivity contribution in [2.45, 2.75) is 19.0 Å². The van der Waals surface area contributed by atoms with Gasteiger partial charge >= 0.3 is 0 Å². The molecule has 0 spiro atoms. The molecule has 0 aliphatic rings. The first-order valence-corrected chi connectivity index (χ1v) is 12.0. The number of carbonyl (C=O) groups is 1. The Labute approximate surface area is 204 Å². The first-order chi connectivity index (χ1) is 15.4. The molecule has 0 unspecified atom stereocenters. The van der Waals surface area contributed by atoms with Crippen LogP contribution in [0.2, 0.25) is 5.02 Å². The van der Waals surface area contributed by atoms with Crippen LogP contribution in [0.5, 0.6) is 0 Å². The van der Waals surface area contributed by atoms with Gasteiger partial charge in [0, 0.05) is 26.4 Å². The minimum absolute atomic E-state index is 0.108. The van der Waals surface area contributed by atoms with Crippen molar-refractivity contribution in [2.75, 3.05) is 11.1 Å². The predicted molar refractivity (Wildman–Crippen MR) is 135 cm³/mol. The first kappa shape index (κ1) is 22.6. The molecule has 0 fully saturated rings. The Bertz CT molecular complexity index is 1260. The van der Waals surface area contributed by atoms with E-state index in [9.17, 15) is 4.79 Å². The molecule has 0 atom stereocenters. The second kappa shape index (κ2) is 9.90. The summed E-state index contributed by atoms with van der Waals surface area (Å²) >= 11 is 10.9. The van der Waals surface area contributed by atoms with Crippen molar-refractivity contribution in [2.24, 2.45) is 0 Å². The number of benzene rings is 3. The molecule has 4 rings (SSSR count). The van der Waals surface area contributed by atoms with E-state index in [-0.39, 0.29) is 11.7 Å². The molecule has 1 heterocycles. The maximum absolute atomic E-state index is 12.6.